The third-order valence-corrected chi connectivity index (χ3v) is 17.2. The SMILES string of the molecule is CC(C)(C)OC(=O)C(Cc1coc2ccc(CN(Cc3ccc4occ(C[C@H](C(=O)OC(C)(C)C)[C@H]5CCN(C(=O)OC(C)(C)C)C5)c4c3)Cc3ccc4occ(C[C@H](C(=O)OC(C)(C)C)[C@H]5CCN(C(=O)OC(C)(C)C)C5)c4c3)cc12)[C@H]1CCN(C(=O)OC(C)(C)C)C1. The van der Waals surface area contributed by atoms with Crippen LogP contribution in [0.4, 0.5) is 14.4 Å². The molecule has 512 valence electrons. The van der Waals surface area contributed by atoms with E-state index in [0.717, 1.165) is 49.5 Å². The Hall–Kier alpha value is -7.54. The first kappa shape index (κ1) is 70.8. The molecule has 0 radical (unpaired) electrons. The predicted molar refractivity (Wildman–Crippen MR) is 358 cm³/mol. The molecule has 3 aromatic heterocycles. The van der Waals surface area contributed by atoms with E-state index < -0.39 is 69.6 Å². The Morgan fingerprint density at radius 1 is 0.394 bits per heavy atom. The number of fused-ring (bicyclic) bond motifs is 3. The number of ether oxygens (including phenoxy) is 6. The highest BCUT2D eigenvalue weighted by Gasteiger charge is 2.43. The molecule has 9 rings (SSSR count). The Balaban J connectivity index is 1.04. The zero-order chi connectivity index (χ0) is 68.6. The maximum absolute atomic E-state index is 14.3. The van der Waals surface area contributed by atoms with Crippen molar-refractivity contribution in [2.24, 2.45) is 35.5 Å². The van der Waals surface area contributed by atoms with Crippen LogP contribution >= 0.6 is 0 Å². The minimum absolute atomic E-state index is 0.187. The first-order chi connectivity index (χ1) is 43.7. The van der Waals surface area contributed by atoms with Gasteiger partial charge in [-0.1, -0.05) is 18.2 Å². The van der Waals surface area contributed by atoms with Gasteiger partial charge in [0, 0.05) is 75.1 Å². The third-order valence-electron chi connectivity index (χ3n) is 17.2. The Kier molecular flexibility index (Phi) is 20.8. The van der Waals surface area contributed by atoms with Crippen molar-refractivity contribution in [2.45, 2.75) is 216 Å². The number of esters is 3. The summed E-state index contributed by atoms with van der Waals surface area (Å²) in [4.78, 5) is 90.2. The van der Waals surface area contributed by atoms with Gasteiger partial charge in [-0.25, -0.2) is 14.4 Å². The highest BCUT2D eigenvalue weighted by Crippen LogP contribution is 2.39. The van der Waals surface area contributed by atoms with E-state index in [0.29, 0.717) is 114 Å². The van der Waals surface area contributed by atoms with Gasteiger partial charge in [0.1, 0.15) is 50.4 Å². The van der Waals surface area contributed by atoms with Crippen molar-refractivity contribution < 1.29 is 70.4 Å². The van der Waals surface area contributed by atoms with Crippen molar-refractivity contribution in [1.82, 2.24) is 19.6 Å². The van der Waals surface area contributed by atoms with Crippen LogP contribution in [0, 0.1) is 35.5 Å². The molecule has 0 bridgehead atoms. The van der Waals surface area contributed by atoms with Gasteiger partial charge < -0.3 is 56.4 Å². The van der Waals surface area contributed by atoms with Gasteiger partial charge in [-0.15, -0.1) is 0 Å². The number of carbonyl (C=O) groups excluding carboxylic acids is 6. The van der Waals surface area contributed by atoms with Crippen molar-refractivity contribution in [3.63, 3.8) is 0 Å². The van der Waals surface area contributed by atoms with Crippen LogP contribution in [0.25, 0.3) is 32.9 Å². The third kappa shape index (κ3) is 19.1. The van der Waals surface area contributed by atoms with Crippen molar-refractivity contribution >= 4 is 69.1 Å². The molecule has 3 aliphatic rings. The number of carbonyl (C=O) groups is 6. The van der Waals surface area contributed by atoms with Crippen molar-refractivity contribution in [3.05, 3.63) is 107 Å². The van der Waals surface area contributed by atoms with E-state index in [4.69, 9.17) is 41.7 Å². The van der Waals surface area contributed by atoms with E-state index in [1.807, 2.05) is 143 Å². The lowest BCUT2D eigenvalue weighted by atomic mass is 9.85. The van der Waals surface area contributed by atoms with Crippen molar-refractivity contribution in [3.8, 4) is 0 Å². The molecule has 19 nitrogen and oxygen atoms in total. The summed E-state index contributed by atoms with van der Waals surface area (Å²) in [6, 6.07) is 18.5. The standard InChI is InChI=1S/C75H102N4O15/c1-70(2,3)89-64(80)58(49-25-28-77(40-49)67(83)92-73(10,11)12)34-52-43-86-61-22-19-46(31-55(52)61)37-76(38-47-20-23-62-56(32-47)53(44-87-62)35-59(65(81)90-71(4,5)6)50-26-29-78(41-50)68(84)93-74(13,14)15)39-48-21-24-63-57(33-48)54(45-88-63)36-60(66(82)91-72(7,8)9)51-27-30-79(42-51)69(85)94-75(16,17)18/h19-24,31-33,43-45,49-51,58-60H,25-30,34-42H2,1-18H3/t49-,50-,51-,58-,59-,60?/m0/s1. The second-order valence-corrected chi connectivity index (χ2v) is 32.4. The molecular formula is C75H102N4O15. The normalized spacial score (nSPS) is 18.7. The molecule has 6 aromatic rings. The predicted octanol–water partition coefficient (Wildman–Crippen LogP) is 15.4. The maximum atomic E-state index is 14.3. The summed E-state index contributed by atoms with van der Waals surface area (Å²) in [5, 5.41) is 2.61. The lowest BCUT2D eigenvalue weighted by Gasteiger charge is -2.28. The number of likely N-dealkylation sites (tertiary alicyclic amines) is 3. The largest absolute Gasteiger partial charge is 0.464 e. The van der Waals surface area contributed by atoms with Gasteiger partial charge in [0.05, 0.1) is 36.5 Å². The van der Waals surface area contributed by atoms with Crippen LogP contribution in [0.2, 0.25) is 0 Å². The zero-order valence-corrected chi connectivity index (χ0v) is 58.9. The molecule has 3 aromatic carbocycles. The lowest BCUT2D eigenvalue weighted by Crippen LogP contribution is -2.38. The fourth-order valence-corrected chi connectivity index (χ4v) is 13.1. The highest BCUT2D eigenvalue weighted by molar-refractivity contribution is 5.86. The Bertz CT molecular complexity index is 3320. The van der Waals surface area contributed by atoms with Gasteiger partial charge in [0.25, 0.3) is 0 Å². The molecular weight excluding hydrogens is 1200 g/mol. The number of rotatable bonds is 18. The average Bonchev–Trinajstić information content (AvgIpc) is 1.63. The van der Waals surface area contributed by atoms with Crippen LogP contribution in [0.15, 0.2) is 86.6 Å². The molecule has 0 aliphatic carbocycles. The minimum Gasteiger partial charge on any atom is -0.464 e. The molecule has 0 N–H and O–H groups in total. The van der Waals surface area contributed by atoms with Crippen LogP contribution in [0.5, 0.6) is 0 Å². The highest BCUT2D eigenvalue weighted by atomic mass is 16.6. The zero-order valence-electron chi connectivity index (χ0n) is 58.9. The molecule has 0 saturated carbocycles. The number of amides is 3. The van der Waals surface area contributed by atoms with Gasteiger partial charge in [-0.05, 0) is 251 Å². The van der Waals surface area contributed by atoms with Crippen LogP contribution < -0.4 is 0 Å². The van der Waals surface area contributed by atoms with E-state index >= 15 is 0 Å². The quantitative estimate of drug-likeness (QED) is 0.0578. The van der Waals surface area contributed by atoms with Gasteiger partial charge in [0.2, 0.25) is 0 Å². The monoisotopic (exact) mass is 1300 g/mol. The Labute approximate surface area is 554 Å². The first-order valence-electron chi connectivity index (χ1n) is 33.5. The summed E-state index contributed by atoms with van der Waals surface area (Å²) in [7, 11) is 0. The van der Waals surface area contributed by atoms with E-state index in [2.05, 4.69) is 41.3 Å². The summed E-state index contributed by atoms with van der Waals surface area (Å²) in [6.07, 6.45) is 6.79. The second-order valence-electron chi connectivity index (χ2n) is 32.4. The smallest absolute Gasteiger partial charge is 0.410 e. The summed E-state index contributed by atoms with van der Waals surface area (Å²) in [5.41, 5.74) is 3.32. The first-order valence-corrected chi connectivity index (χ1v) is 33.5. The molecule has 3 fully saturated rings. The number of hydrogen-bond acceptors (Lipinski definition) is 16. The van der Waals surface area contributed by atoms with Gasteiger partial charge in [-0.3, -0.25) is 19.3 Å². The van der Waals surface area contributed by atoms with Crippen molar-refractivity contribution in [2.75, 3.05) is 39.3 Å². The molecule has 3 aliphatic heterocycles. The Morgan fingerprint density at radius 3 is 0.872 bits per heavy atom. The molecule has 19 heteroatoms. The average molecular weight is 1300 g/mol. The summed E-state index contributed by atoms with van der Waals surface area (Å²) in [5.74, 6) is -3.28. The van der Waals surface area contributed by atoms with Crippen LogP contribution in [0.3, 0.4) is 0 Å². The number of furan rings is 3. The topological polar surface area (TPSA) is 210 Å². The minimum atomic E-state index is -0.739. The van der Waals surface area contributed by atoms with Crippen molar-refractivity contribution in [1.29, 1.82) is 0 Å². The van der Waals surface area contributed by atoms with E-state index in [1.54, 1.807) is 33.5 Å². The number of nitrogens with zero attached hydrogens (tertiary/aromatic N) is 4. The lowest BCUT2D eigenvalue weighted by molar-refractivity contribution is -0.163. The number of benzene rings is 3. The van der Waals surface area contributed by atoms with Crippen LogP contribution in [-0.4, -0.2) is 129 Å². The summed E-state index contributed by atoms with van der Waals surface area (Å²) >= 11 is 0. The molecule has 1 unspecified atom stereocenters. The van der Waals surface area contributed by atoms with Gasteiger partial charge in [0.15, 0.2) is 0 Å². The molecule has 6 atom stereocenters. The fraction of sp³-hybridized carbons (Fsp3) is 0.600. The van der Waals surface area contributed by atoms with Gasteiger partial charge in [-0.2, -0.15) is 0 Å². The van der Waals surface area contributed by atoms with E-state index in [9.17, 15) is 28.8 Å². The Morgan fingerprint density at radius 2 is 0.638 bits per heavy atom. The molecule has 3 amide bonds. The van der Waals surface area contributed by atoms with Crippen LogP contribution in [0.1, 0.15) is 177 Å². The summed E-state index contributed by atoms with van der Waals surface area (Å²) in [6.45, 7) is 37.2. The fourth-order valence-electron chi connectivity index (χ4n) is 13.1. The molecule has 94 heavy (non-hydrogen) atoms. The van der Waals surface area contributed by atoms with Gasteiger partial charge >= 0.3 is 36.2 Å². The second kappa shape index (κ2) is 27.7. The summed E-state index contributed by atoms with van der Waals surface area (Å²) < 4.78 is 54.2. The molecule has 0 spiro atoms. The maximum Gasteiger partial charge on any atom is 0.410 e. The molecule has 3 saturated heterocycles. The number of hydrogen-bond donors (Lipinski definition) is 0. The van der Waals surface area contributed by atoms with E-state index in [1.165, 1.54) is 0 Å². The van der Waals surface area contributed by atoms with Crippen LogP contribution in [-0.2, 0) is 81.7 Å². The molecule has 6 heterocycles. The van der Waals surface area contributed by atoms with E-state index in [-0.39, 0.29) is 35.7 Å².